The summed E-state index contributed by atoms with van der Waals surface area (Å²) >= 11 is 6.17. The highest BCUT2D eigenvalue weighted by Crippen LogP contribution is 2.26. The molecule has 2 heteroatoms. The highest BCUT2D eigenvalue weighted by molar-refractivity contribution is 6.20. The van der Waals surface area contributed by atoms with Crippen LogP contribution in [-0.2, 0) is 0 Å². The van der Waals surface area contributed by atoms with Crippen molar-refractivity contribution in [3.8, 4) is 0 Å². The normalized spacial score (nSPS) is 45.6. The molecule has 0 amide bonds. The highest BCUT2D eigenvalue weighted by atomic mass is 35.5. The van der Waals surface area contributed by atoms with Crippen LogP contribution in [-0.4, -0.2) is 24.5 Å². The van der Waals surface area contributed by atoms with E-state index in [4.69, 9.17) is 11.6 Å². The number of likely N-dealkylation sites (tertiary alicyclic amines) is 1. The van der Waals surface area contributed by atoms with E-state index in [9.17, 15) is 0 Å². The maximum Gasteiger partial charge on any atom is 0.0846 e. The summed E-state index contributed by atoms with van der Waals surface area (Å²) in [6.07, 6.45) is 8.13. The third-order valence-corrected chi connectivity index (χ3v) is 5.16. The number of piperidine rings is 1. The molecule has 1 aliphatic heterocycles. The fraction of sp³-hybridized carbons (Fsp3) is 1.00. The quantitative estimate of drug-likeness (QED) is 0.712. The molecule has 0 radical (unpaired) electrons. The highest BCUT2D eigenvalue weighted by Gasteiger charge is 2.30. The van der Waals surface area contributed by atoms with Crippen molar-refractivity contribution in [3.63, 3.8) is 0 Å². The van der Waals surface area contributed by atoms with Gasteiger partial charge in [0.1, 0.15) is 0 Å². The topological polar surface area (TPSA) is 4.44 Å². The lowest BCUT2D eigenvalue weighted by Gasteiger charge is -2.37. The van der Waals surface area contributed by atoms with Crippen molar-refractivity contribution in [2.75, 3.05) is 13.1 Å². The third-order valence-electron chi connectivity index (χ3n) is 4.73. The number of rotatable bonds is 2. The molecule has 2 fully saturated rings. The minimum Gasteiger partial charge on any atom is -0.332 e. The van der Waals surface area contributed by atoms with E-state index in [-0.39, 0.29) is 0 Å². The molecule has 2 rings (SSSR count). The number of hydrogen-bond acceptors (Lipinski definition) is 0. The third kappa shape index (κ3) is 3.37. The molecule has 1 saturated heterocycles. The van der Waals surface area contributed by atoms with Gasteiger partial charge in [-0.1, -0.05) is 6.92 Å². The fourth-order valence-corrected chi connectivity index (χ4v) is 3.72. The minimum atomic E-state index is 0.476. The zero-order valence-electron chi connectivity index (χ0n) is 10.8. The number of halogens is 1. The van der Waals surface area contributed by atoms with E-state index < -0.39 is 0 Å². The van der Waals surface area contributed by atoms with Gasteiger partial charge in [0, 0.05) is 17.2 Å². The largest absolute Gasteiger partial charge is 0.332 e. The molecule has 0 bridgehead atoms. The summed E-state index contributed by atoms with van der Waals surface area (Å²) in [6, 6.07) is 0.893. The molecule has 0 aromatic rings. The molecule has 1 nitrogen and oxygen atoms in total. The molecular weight excluding hydrogens is 218 g/mol. The lowest BCUT2D eigenvalue weighted by atomic mass is 9.86. The summed E-state index contributed by atoms with van der Waals surface area (Å²) in [5.41, 5.74) is 0. The van der Waals surface area contributed by atoms with Gasteiger partial charge in [0.15, 0.2) is 0 Å². The van der Waals surface area contributed by atoms with Crippen molar-refractivity contribution < 1.29 is 4.90 Å². The predicted molar refractivity (Wildman–Crippen MR) is 70.2 cm³/mol. The standard InChI is InChI=1S/C14H26ClN/c1-11-3-4-12(2)16(9-11)10-13-5-7-14(15)8-6-13/h11-14H,3-10H2,1-2H3/p+1. The van der Waals surface area contributed by atoms with E-state index in [0.29, 0.717) is 5.38 Å². The van der Waals surface area contributed by atoms with Gasteiger partial charge in [0.2, 0.25) is 0 Å². The van der Waals surface area contributed by atoms with Crippen molar-refractivity contribution in [3.05, 3.63) is 0 Å². The van der Waals surface area contributed by atoms with Gasteiger partial charge in [-0.2, -0.15) is 0 Å². The van der Waals surface area contributed by atoms with Crippen molar-refractivity contribution in [2.45, 2.75) is 63.8 Å². The van der Waals surface area contributed by atoms with Gasteiger partial charge in [0.05, 0.1) is 19.1 Å². The van der Waals surface area contributed by atoms with Gasteiger partial charge in [-0.05, 0) is 45.4 Å². The smallest absolute Gasteiger partial charge is 0.0846 e. The molecule has 0 spiro atoms. The van der Waals surface area contributed by atoms with Crippen molar-refractivity contribution in [1.82, 2.24) is 0 Å². The Kier molecular flexibility index (Phi) is 4.55. The predicted octanol–water partition coefficient (Wildman–Crippen LogP) is 2.49. The summed E-state index contributed by atoms with van der Waals surface area (Å²) in [5, 5.41) is 0.476. The Morgan fingerprint density at radius 2 is 1.69 bits per heavy atom. The Bertz CT molecular complexity index is 211. The second-order valence-corrected chi connectivity index (χ2v) is 6.89. The van der Waals surface area contributed by atoms with Crippen molar-refractivity contribution in [1.29, 1.82) is 0 Å². The number of quaternary nitrogens is 1. The van der Waals surface area contributed by atoms with Gasteiger partial charge >= 0.3 is 0 Å². The van der Waals surface area contributed by atoms with Crippen LogP contribution in [0.5, 0.6) is 0 Å². The van der Waals surface area contributed by atoms with Gasteiger partial charge in [-0.3, -0.25) is 0 Å². The molecule has 2 aliphatic rings. The van der Waals surface area contributed by atoms with Crippen LogP contribution in [0, 0.1) is 11.8 Å². The minimum absolute atomic E-state index is 0.476. The average molecular weight is 245 g/mol. The van der Waals surface area contributed by atoms with E-state index in [1.54, 1.807) is 0 Å². The van der Waals surface area contributed by atoms with E-state index in [2.05, 4.69) is 13.8 Å². The average Bonchev–Trinajstić information content (AvgIpc) is 2.27. The maximum atomic E-state index is 6.17. The van der Waals surface area contributed by atoms with Crippen LogP contribution in [0.4, 0.5) is 0 Å². The first-order valence-corrected chi connectivity index (χ1v) is 7.57. The Balaban J connectivity index is 1.79. The molecule has 94 valence electrons. The first-order chi connectivity index (χ1) is 7.65. The summed E-state index contributed by atoms with van der Waals surface area (Å²) < 4.78 is 0. The van der Waals surface area contributed by atoms with Crippen LogP contribution in [0.15, 0.2) is 0 Å². The van der Waals surface area contributed by atoms with Crippen LogP contribution >= 0.6 is 11.6 Å². The van der Waals surface area contributed by atoms with Crippen LogP contribution < -0.4 is 4.90 Å². The van der Waals surface area contributed by atoms with E-state index in [1.165, 1.54) is 51.6 Å². The summed E-state index contributed by atoms with van der Waals surface area (Å²) in [5.74, 6) is 1.90. The molecule has 0 aromatic carbocycles. The second kappa shape index (κ2) is 5.73. The fourth-order valence-electron chi connectivity index (χ4n) is 3.47. The molecule has 0 aromatic heterocycles. The monoisotopic (exact) mass is 244 g/mol. The Labute approximate surface area is 106 Å². The molecule has 1 saturated carbocycles. The molecule has 3 atom stereocenters. The van der Waals surface area contributed by atoms with Crippen molar-refractivity contribution in [2.24, 2.45) is 11.8 Å². The number of alkyl halides is 1. The molecule has 3 unspecified atom stereocenters. The molecule has 1 aliphatic carbocycles. The summed E-state index contributed by atoms with van der Waals surface area (Å²) in [6.45, 7) is 7.67. The first-order valence-electron chi connectivity index (χ1n) is 7.13. The van der Waals surface area contributed by atoms with Crippen molar-refractivity contribution >= 4 is 11.6 Å². The number of nitrogens with one attached hydrogen (secondary N) is 1. The van der Waals surface area contributed by atoms with Gasteiger partial charge in [0.25, 0.3) is 0 Å². The Morgan fingerprint density at radius 1 is 1.00 bits per heavy atom. The lowest BCUT2D eigenvalue weighted by Crippen LogP contribution is -3.17. The van der Waals surface area contributed by atoms with E-state index >= 15 is 0 Å². The van der Waals surface area contributed by atoms with Crippen LogP contribution in [0.1, 0.15) is 52.4 Å². The zero-order valence-corrected chi connectivity index (χ0v) is 11.6. The first kappa shape index (κ1) is 12.7. The zero-order chi connectivity index (χ0) is 11.5. The van der Waals surface area contributed by atoms with Gasteiger partial charge < -0.3 is 4.90 Å². The maximum absolute atomic E-state index is 6.17. The molecular formula is C14H27ClN+. The number of hydrogen-bond donors (Lipinski definition) is 1. The summed E-state index contributed by atoms with van der Waals surface area (Å²) in [7, 11) is 0. The van der Waals surface area contributed by atoms with Gasteiger partial charge in [-0.25, -0.2) is 0 Å². The van der Waals surface area contributed by atoms with Crippen LogP contribution in [0.3, 0.4) is 0 Å². The second-order valence-electron chi connectivity index (χ2n) is 6.27. The molecule has 16 heavy (non-hydrogen) atoms. The van der Waals surface area contributed by atoms with Gasteiger partial charge in [-0.15, -0.1) is 11.6 Å². The van der Waals surface area contributed by atoms with Crippen LogP contribution in [0.2, 0.25) is 0 Å². The Hall–Kier alpha value is 0.250. The molecule has 1 N–H and O–H groups in total. The Morgan fingerprint density at radius 3 is 2.38 bits per heavy atom. The van der Waals surface area contributed by atoms with E-state index in [1.807, 2.05) is 4.90 Å². The lowest BCUT2D eigenvalue weighted by molar-refractivity contribution is -0.935. The molecule has 1 heterocycles. The van der Waals surface area contributed by atoms with E-state index in [0.717, 1.165) is 17.9 Å². The van der Waals surface area contributed by atoms with Crippen LogP contribution in [0.25, 0.3) is 0 Å². The summed E-state index contributed by atoms with van der Waals surface area (Å²) in [4.78, 5) is 1.87. The SMILES string of the molecule is CC1CCC(C)[NH+](CC2CCC(Cl)CC2)C1.